The van der Waals surface area contributed by atoms with Gasteiger partial charge in [0.1, 0.15) is 5.82 Å². The summed E-state index contributed by atoms with van der Waals surface area (Å²) in [5.41, 5.74) is 0.812. The Morgan fingerprint density at radius 2 is 2.16 bits per heavy atom. The second-order valence-electron chi connectivity index (χ2n) is 5.60. The minimum absolute atomic E-state index is 0.0843. The van der Waals surface area contributed by atoms with Crippen molar-refractivity contribution in [2.45, 2.75) is 51.7 Å². The molecule has 0 spiro atoms. The monoisotopic (exact) mass is 264 g/mol. The van der Waals surface area contributed by atoms with Crippen LogP contribution in [0.25, 0.3) is 0 Å². The van der Waals surface area contributed by atoms with E-state index in [1.54, 1.807) is 12.1 Å². The van der Waals surface area contributed by atoms with Crippen LogP contribution in [0.3, 0.4) is 0 Å². The molecule has 1 heterocycles. The Labute approximate surface area is 116 Å². The lowest BCUT2D eigenvalue weighted by Crippen LogP contribution is -2.39. The van der Waals surface area contributed by atoms with Gasteiger partial charge in [-0.1, -0.05) is 31.5 Å². The molecule has 0 bridgehead atoms. The van der Waals surface area contributed by atoms with E-state index in [-0.39, 0.29) is 5.82 Å². The Bertz CT molecular complexity index is 394. The molecule has 1 saturated heterocycles. The number of hydrogen-bond acceptors (Lipinski definition) is 2. The van der Waals surface area contributed by atoms with E-state index in [0.29, 0.717) is 12.1 Å². The maximum Gasteiger partial charge on any atom is 0.127 e. The highest BCUT2D eigenvalue weighted by Gasteiger charge is 2.22. The standard InChI is InChI=1S/C16H25FN2/c1-3-6-15-12-19(13(2)9-10-18-15)11-14-7-4-5-8-16(14)17/h4-5,7-8,13,15,18H,3,6,9-12H2,1-2H3. The number of hydrogen-bond donors (Lipinski definition) is 1. The minimum atomic E-state index is -0.0843. The summed E-state index contributed by atoms with van der Waals surface area (Å²) in [5, 5.41) is 3.61. The van der Waals surface area contributed by atoms with Crippen molar-refractivity contribution in [3.63, 3.8) is 0 Å². The van der Waals surface area contributed by atoms with Gasteiger partial charge in [-0.2, -0.15) is 0 Å². The fraction of sp³-hybridized carbons (Fsp3) is 0.625. The van der Waals surface area contributed by atoms with Gasteiger partial charge >= 0.3 is 0 Å². The molecule has 1 aromatic rings. The summed E-state index contributed by atoms with van der Waals surface area (Å²) in [6, 6.07) is 8.18. The summed E-state index contributed by atoms with van der Waals surface area (Å²) < 4.78 is 13.8. The first-order valence-corrected chi connectivity index (χ1v) is 7.41. The molecule has 19 heavy (non-hydrogen) atoms. The topological polar surface area (TPSA) is 15.3 Å². The highest BCUT2D eigenvalue weighted by atomic mass is 19.1. The second kappa shape index (κ2) is 7.01. The summed E-state index contributed by atoms with van der Waals surface area (Å²) in [5.74, 6) is -0.0843. The van der Waals surface area contributed by atoms with Crippen LogP contribution < -0.4 is 5.32 Å². The van der Waals surface area contributed by atoms with Crippen LogP contribution in [0.4, 0.5) is 4.39 Å². The van der Waals surface area contributed by atoms with Gasteiger partial charge in [-0.15, -0.1) is 0 Å². The molecule has 0 radical (unpaired) electrons. The van der Waals surface area contributed by atoms with Crippen LogP contribution in [-0.2, 0) is 6.54 Å². The predicted octanol–water partition coefficient (Wildman–Crippen LogP) is 3.18. The molecule has 0 saturated carbocycles. The summed E-state index contributed by atoms with van der Waals surface area (Å²) in [4.78, 5) is 2.42. The van der Waals surface area contributed by atoms with Crippen LogP contribution in [0.5, 0.6) is 0 Å². The predicted molar refractivity (Wildman–Crippen MR) is 77.6 cm³/mol. The number of benzene rings is 1. The number of halogens is 1. The van der Waals surface area contributed by atoms with Gasteiger partial charge < -0.3 is 5.32 Å². The van der Waals surface area contributed by atoms with E-state index in [9.17, 15) is 4.39 Å². The number of rotatable bonds is 4. The Balaban J connectivity index is 2.05. The number of nitrogens with one attached hydrogen (secondary N) is 1. The van der Waals surface area contributed by atoms with Crippen molar-refractivity contribution in [1.29, 1.82) is 0 Å². The van der Waals surface area contributed by atoms with Gasteiger partial charge in [-0.3, -0.25) is 4.90 Å². The lowest BCUT2D eigenvalue weighted by molar-refractivity contribution is 0.191. The van der Waals surface area contributed by atoms with Crippen molar-refractivity contribution in [3.8, 4) is 0 Å². The Kier molecular flexibility index (Phi) is 5.34. The molecule has 3 heteroatoms. The van der Waals surface area contributed by atoms with Crippen molar-refractivity contribution in [1.82, 2.24) is 10.2 Å². The molecule has 2 atom stereocenters. The van der Waals surface area contributed by atoms with E-state index in [2.05, 4.69) is 24.1 Å². The molecule has 106 valence electrons. The molecular formula is C16H25FN2. The largest absolute Gasteiger partial charge is 0.313 e. The van der Waals surface area contributed by atoms with Crippen LogP contribution in [0.15, 0.2) is 24.3 Å². The normalized spacial score (nSPS) is 25.2. The fourth-order valence-electron chi connectivity index (χ4n) is 2.81. The molecule has 0 aliphatic carbocycles. The van der Waals surface area contributed by atoms with E-state index < -0.39 is 0 Å². The lowest BCUT2D eigenvalue weighted by Gasteiger charge is -2.29. The lowest BCUT2D eigenvalue weighted by atomic mass is 10.1. The molecule has 1 aliphatic heterocycles. The van der Waals surface area contributed by atoms with Gasteiger partial charge in [0.15, 0.2) is 0 Å². The zero-order valence-corrected chi connectivity index (χ0v) is 12.0. The third-order valence-electron chi connectivity index (χ3n) is 4.04. The van der Waals surface area contributed by atoms with Crippen molar-refractivity contribution in [2.75, 3.05) is 13.1 Å². The zero-order valence-electron chi connectivity index (χ0n) is 12.0. The molecule has 0 aromatic heterocycles. The first-order chi connectivity index (χ1) is 9.20. The average Bonchev–Trinajstić information content (AvgIpc) is 2.56. The molecule has 2 rings (SSSR count). The highest BCUT2D eigenvalue weighted by Crippen LogP contribution is 2.17. The van der Waals surface area contributed by atoms with Crippen LogP contribution in [0.2, 0.25) is 0 Å². The summed E-state index contributed by atoms with van der Waals surface area (Å²) in [6.07, 6.45) is 3.52. The fourth-order valence-corrected chi connectivity index (χ4v) is 2.81. The van der Waals surface area contributed by atoms with E-state index in [1.807, 2.05) is 12.1 Å². The molecule has 0 amide bonds. The van der Waals surface area contributed by atoms with Gasteiger partial charge in [0, 0.05) is 30.7 Å². The molecule has 1 N–H and O–H groups in total. The third-order valence-corrected chi connectivity index (χ3v) is 4.04. The molecule has 1 aliphatic rings. The number of nitrogens with zero attached hydrogens (tertiary/aromatic N) is 1. The smallest absolute Gasteiger partial charge is 0.127 e. The van der Waals surface area contributed by atoms with Crippen LogP contribution in [0.1, 0.15) is 38.7 Å². The molecule has 2 nitrogen and oxygen atoms in total. The summed E-state index contributed by atoms with van der Waals surface area (Å²) >= 11 is 0. The third kappa shape index (κ3) is 4.02. The SMILES string of the molecule is CCCC1CN(Cc2ccccc2F)C(C)CCN1. The second-order valence-corrected chi connectivity index (χ2v) is 5.60. The van der Waals surface area contributed by atoms with E-state index in [0.717, 1.165) is 31.6 Å². The maximum atomic E-state index is 13.8. The van der Waals surface area contributed by atoms with Crippen molar-refractivity contribution in [3.05, 3.63) is 35.6 Å². The van der Waals surface area contributed by atoms with Gasteiger partial charge in [-0.25, -0.2) is 4.39 Å². The Morgan fingerprint density at radius 3 is 2.89 bits per heavy atom. The molecule has 1 fully saturated rings. The van der Waals surface area contributed by atoms with Gasteiger partial charge in [0.25, 0.3) is 0 Å². The van der Waals surface area contributed by atoms with Gasteiger partial charge in [0.05, 0.1) is 0 Å². The first-order valence-electron chi connectivity index (χ1n) is 7.41. The van der Waals surface area contributed by atoms with Crippen molar-refractivity contribution in [2.24, 2.45) is 0 Å². The first kappa shape index (κ1) is 14.5. The highest BCUT2D eigenvalue weighted by molar-refractivity contribution is 5.17. The molecular weight excluding hydrogens is 239 g/mol. The van der Waals surface area contributed by atoms with Crippen molar-refractivity contribution >= 4 is 0 Å². The zero-order chi connectivity index (χ0) is 13.7. The summed E-state index contributed by atoms with van der Waals surface area (Å²) in [7, 11) is 0. The quantitative estimate of drug-likeness (QED) is 0.898. The molecule has 1 aromatic carbocycles. The van der Waals surface area contributed by atoms with E-state index in [1.165, 1.54) is 12.8 Å². The Morgan fingerprint density at radius 1 is 1.37 bits per heavy atom. The van der Waals surface area contributed by atoms with E-state index in [4.69, 9.17) is 0 Å². The summed E-state index contributed by atoms with van der Waals surface area (Å²) in [6.45, 7) is 7.27. The maximum absolute atomic E-state index is 13.8. The van der Waals surface area contributed by atoms with Crippen LogP contribution in [0, 0.1) is 5.82 Å². The van der Waals surface area contributed by atoms with Gasteiger partial charge in [0.2, 0.25) is 0 Å². The van der Waals surface area contributed by atoms with Gasteiger partial charge in [-0.05, 0) is 32.4 Å². The Hall–Kier alpha value is -0.930. The van der Waals surface area contributed by atoms with Crippen LogP contribution >= 0.6 is 0 Å². The minimum Gasteiger partial charge on any atom is -0.313 e. The van der Waals surface area contributed by atoms with Crippen LogP contribution in [-0.4, -0.2) is 30.1 Å². The molecule has 2 unspecified atom stereocenters. The average molecular weight is 264 g/mol. The van der Waals surface area contributed by atoms with Crippen molar-refractivity contribution < 1.29 is 4.39 Å². The van der Waals surface area contributed by atoms with E-state index >= 15 is 0 Å².